The van der Waals surface area contributed by atoms with Crippen LogP contribution in [0, 0.1) is 16.7 Å². The van der Waals surface area contributed by atoms with E-state index in [1.54, 1.807) is 78.9 Å². The maximum absolute atomic E-state index is 15.9. The molecule has 0 aromatic heterocycles. The molecule has 11 atom stereocenters. The lowest BCUT2D eigenvalue weighted by molar-refractivity contribution is -0.346. The summed E-state index contributed by atoms with van der Waals surface area (Å²) < 4.78 is 41.3. The minimum atomic E-state index is -2.46. The van der Waals surface area contributed by atoms with Gasteiger partial charge in [-0.05, 0) is 54.8 Å². The standard InChI is InChI=1S/C49H53NO16/c1-26-32(63-44(57)37(53)36(29-17-11-8-12-18-29)50-42(55)30-19-13-9-14-20-30)24-49(59)41(65-43(56)31-21-15-10-16-22-31)39-47(6,40(54)38(62-27(2)51)35(26)46(49,4)5)33(64-45(58)60-7)23-34-48(39,25-61-34)66-28(3)52/h8-22,32-34,36-39,41,53,59H,23-25H2,1-7H3,(H,50,55)/t32-,33-,34+,36+,37+,38+,39?,41?,47+,48-,49+/m0/s1. The maximum Gasteiger partial charge on any atom is 0.508 e. The Morgan fingerprint density at radius 3 is 1.94 bits per heavy atom. The molecule has 4 aliphatic rings. The summed E-state index contributed by atoms with van der Waals surface area (Å²) in [6.45, 7) is 7.80. The zero-order valence-corrected chi connectivity index (χ0v) is 37.5. The molecule has 0 radical (unpaired) electrons. The fraction of sp³-hybridized carbons (Fsp3) is 0.449. The summed E-state index contributed by atoms with van der Waals surface area (Å²) in [5.41, 5.74) is -7.49. The first-order valence-corrected chi connectivity index (χ1v) is 21.5. The molecular formula is C49H53NO16. The van der Waals surface area contributed by atoms with Gasteiger partial charge in [-0.3, -0.25) is 19.2 Å². The Bertz CT molecular complexity index is 2420. The minimum absolute atomic E-state index is 0.0336. The van der Waals surface area contributed by atoms with Gasteiger partial charge in [-0.2, -0.15) is 0 Å². The number of Topliss-reactive ketones (excluding diaryl/α,β-unsaturated/α-hetero) is 1. The highest BCUT2D eigenvalue weighted by molar-refractivity contribution is 5.96. The van der Waals surface area contributed by atoms with Gasteiger partial charge >= 0.3 is 30.0 Å². The van der Waals surface area contributed by atoms with Crippen molar-refractivity contribution in [2.45, 2.75) is 108 Å². The molecule has 2 saturated carbocycles. The van der Waals surface area contributed by atoms with Crippen LogP contribution in [0.3, 0.4) is 0 Å². The molecule has 2 unspecified atom stereocenters. The molecule has 17 nitrogen and oxygen atoms in total. The topological polar surface area (TPSA) is 237 Å². The largest absolute Gasteiger partial charge is 0.508 e. The number of carbonyl (C=O) groups excluding carboxylic acids is 7. The Kier molecular flexibility index (Phi) is 13.0. The average Bonchev–Trinajstić information content (AvgIpc) is 3.28. The number of ketones is 1. The molecule has 17 heteroatoms. The lowest BCUT2D eigenvalue weighted by Crippen LogP contribution is -2.82. The molecule has 350 valence electrons. The first kappa shape index (κ1) is 47.5. The van der Waals surface area contributed by atoms with E-state index in [0.29, 0.717) is 5.56 Å². The van der Waals surface area contributed by atoms with Crippen molar-refractivity contribution in [3.63, 3.8) is 0 Å². The summed E-state index contributed by atoms with van der Waals surface area (Å²) in [5.74, 6) is -7.14. The van der Waals surface area contributed by atoms with E-state index in [4.69, 9.17) is 33.2 Å². The molecule has 1 aliphatic heterocycles. The van der Waals surface area contributed by atoms with Crippen molar-refractivity contribution < 1.29 is 76.9 Å². The highest BCUT2D eigenvalue weighted by atomic mass is 16.7. The lowest BCUT2D eigenvalue weighted by atomic mass is 9.44. The number of benzene rings is 3. The fourth-order valence-corrected chi connectivity index (χ4v) is 10.5. The number of methoxy groups -OCH3 is 1. The minimum Gasteiger partial charge on any atom is -0.456 e. The summed E-state index contributed by atoms with van der Waals surface area (Å²) in [4.78, 5) is 97.6. The Morgan fingerprint density at radius 2 is 1.39 bits per heavy atom. The molecule has 3 aromatic carbocycles. The normalized spacial score (nSPS) is 30.5. The third-order valence-corrected chi connectivity index (χ3v) is 13.9. The number of carbonyl (C=O) groups is 7. The molecule has 1 saturated heterocycles. The Balaban J connectivity index is 1.42. The average molecular weight is 912 g/mol. The van der Waals surface area contributed by atoms with Crippen LogP contribution in [-0.4, -0.2) is 113 Å². The first-order valence-electron chi connectivity index (χ1n) is 21.5. The predicted octanol–water partition coefficient (Wildman–Crippen LogP) is 4.53. The van der Waals surface area contributed by atoms with Crippen LogP contribution in [0.4, 0.5) is 4.79 Å². The van der Waals surface area contributed by atoms with Crippen molar-refractivity contribution in [2.75, 3.05) is 13.7 Å². The van der Waals surface area contributed by atoms with Crippen LogP contribution >= 0.6 is 0 Å². The Morgan fingerprint density at radius 1 is 0.803 bits per heavy atom. The molecule has 66 heavy (non-hydrogen) atoms. The van der Waals surface area contributed by atoms with E-state index in [9.17, 15) is 39.0 Å². The van der Waals surface area contributed by atoms with Gasteiger partial charge < -0.3 is 48.7 Å². The van der Waals surface area contributed by atoms with E-state index in [0.717, 1.165) is 21.0 Å². The van der Waals surface area contributed by atoms with Crippen molar-refractivity contribution in [3.05, 3.63) is 119 Å². The zero-order chi connectivity index (χ0) is 47.9. The molecule has 7 rings (SSSR count). The van der Waals surface area contributed by atoms with Crippen LogP contribution in [-0.2, 0) is 52.3 Å². The second-order valence-corrected chi connectivity index (χ2v) is 17.9. The monoisotopic (exact) mass is 911 g/mol. The van der Waals surface area contributed by atoms with Crippen LogP contribution < -0.4 is 5.32 Å². The third-order valence-electron chi connectivity index (χ3n) is 13.9. The number of amides is 1. The summed E-state index contributed by atoms with van der Waals surface area (Å²) in [7, 11) is 1.06. The third kappa shape index (κ3) is 8.13. The van der Waals surface area contributed by atoms with Crippen LogP contribution in [0.2, 0.25) is 0 Å². The van der Waals surface area contributed by atoms with E-state index in [1.165, 1.54) is 39.8 Å². The molecule has 1 amide bonds. The summed E-state index contributed by atoms with van der Waals surface area (Å²) in [6.07, 6.45) is -12.1. The fourth-order valence-electron chi connectivity index (χ4n) is 10.5. The highest BCUT2D eigenvalue weighted by Gasteiger charge is 2.79. The van der Waals surface area contributed by atoms with Crippen molar-refractivity contribution in [2.24, 2.45) is 16.7 Å². The van der Waals surface area contributed by atoms with E-state index in [-0.39, 0.29) is 35.3 Å². The predicted molar refractivity (Wildman–Crippen MR) is 229 cm³/mol. The van der Waals surface area contributed by atoms with Crippen molar-refractivity contribution >= 4 is 41.7 Å². The van der Waals surface area contributed by atoms with E-state index >= 15 is 4.79 Å². The number of esters is 4. The SMILES string of the molecule is COC(=O)O[C@H]1C[C@H]2OC[C@@]2(OC(C)=O)C2C(OC(=O)c3ccccc3)[C@]3(O)C[C@H](OC(=O)[C@H](O)[C@H](NC(=O)c4ccccc4)c4ccccc4)C(C)=C([C@@H](OC(C)=O)C(=O)[C@@]21C)C3(C)C. The van der Waals surface area contributed by atoms with Crippen molar-refractivity contribution in [3.8, 4) is 0 Å². The number of fused-ring (bicyclic) bond motifs is 5. The molecule has 3 aliphatic carbocycles. The highest BCUT2D eigenvalue weighted by Crippen LogP contribution is 2.65. The van der Waals surface area contributed by atoms with Crippen molar-refractivity contribution in [1.29, 1.82) is 0 Å². The van der Waals surface area contributed by atoms with Crippen LogP contribution in [0.15, 0.2) is 102 Å². The molecule has 3 N–H and O–H groups in total. The van der Waals surface area contributed by atoms with Gasteiger partial charge in [0.05, 0.1) is 36.7 Å². The summed E-state index contributed by atoms with van der Waals surface area (Å²) in [5, 5.41) is 28.4. The second kappa shape index (κ2) is 18.1. The van der Waals surface area contributed by atoms with E-state index in [2.05, 4.69) is 5.32 Å². The molecular weight excluding hydrogens is 859 g/mol. The smallest absolute Gasteiger partial charge is 0.456 e. The first-order chi connectivity index (χ1) is 31.2. The molecule has 0 spiro atoms. The van der Waals surface area contributed by atoms with Gasteiger partial charge in [-0.25, -0.2) is 14.4 Å². The lowest BCUT2D eigenvalue weighted by Gasteiger charge is -2.67. The van der Waals surface area contributed by atoms with Gasteiger partial charge in [0.15, 0.2) is 23.6 Å². The number of aliphatic hydroxyl groups excluding tert-OH is 1. The van der Waals surface area contributed by atoms with Crippen molar-refractivity contribution in [1.82, 2.24) is 5.32 Å². The second-order valence-electron chi connectivity index (χ2n) is 17.9. The number of aliphatic hydroxyl groups is 2. The number of rotatable bonds is 11. The van der Waals surface area contributed by atoms with Gasteiger partial charge in [-0.1, -0.05) is 80.6 Å². The molecule has 2 bridgehead atoms. The van der Waals surface area contributed by atoms with Gasteiger partial charge in [0.1, 0.15) is 30.0 Å². The number of ether oxygens (including phenoxy) is 7. The van der Waals surface area contributed by atoms with Gasteiger partial charge in [0, 0.05) is 37.7 Å². The summed E-state index contributed by atoms with van der Waals surface area (Å²) in [6, 6.07) is 22.7. The van der Waals surface area contributed by atoms with Gasteiger partial charge in [0.2, 0.25) is 0 Å². The van der Waals surface area contributed by atoms with E-state index in [1.807, 2.05) is 0 Å². The number of hydrogen-bond donors (Lipinski definition) is 3. The Labute approximate surface area is 380 Å². The molecule has 1 heterocycles. The molecule has 3 aromatic rings. The quantitative estimate of drug-likeness (QED) is 0.136. The summed E-state index contributed by atoms with van der Waals surface area (Å²) >= 11 is 0. The van der Waals surface area contributed by atoms with Gasteiger partial charge in [0.25, 0.3) is 5.91 Å². The van der Waals surface area contributed by atoms with Crippen LogP contribution in [0.1, 0.15) is 86.7 Å². The maximum atomic E-state index is 15.9. The van der Waals surface area contributed by atoms with Gasteiger partial charge in [-0.15, -0.1) is 0 Å². The number of nitrogens with one attached hydrogen (secondary N) is 1. The van der Waals surface area contributed by atoms with Crippen LogP contribution in [0.5, 0.6) is 0 Å². The number of hydrogen-bond acceptors (Lipinski definition) is 16. The Hall–Kier alpha value is -6.43. The van der Waals surface area contributed by atoms with Crippen LogP contribution in [0.25, 0.3) is 0 Å². The van der Waals surface area contributed by atoms with E-state index < -0.39 is 119 Å². The zero-order valence-electron chi connectivity index (χ0n) is 37.5. The molecule has 3 fully saturated rings.